The first kappa shape index (κ1) is 19.0. The number of H-pyrrole nitrogens is 1. The minimum Gasteiger partial charge on any atom is -0.507 e. The number of aromatic nitrogens is 2. The van der Waals surface area contributed by atoms with Crippen LogP contribution < -0.4 is 0 Å². The van der Waals surface area contributed by atoms with E-state index >= 15 is 0 Å². The van der Waals surface area contributed by atoms with Gasteiger partial charge in [-0.15, -0.1) is 0 Å². The first-order chi connectivity index (χ1) is 13.5. The molecule has 2 aromatic rings. The Balaban J connectivity index is 1.46. The Morgan fingerprint density at radius 1 is 1.21 bits per heavy atom. The third-order valence-corrected chi connectivity index (χ3v) is 5.64. The third-order valence-electron chi connectivity index (χ3n) is 5.34. The molecular weight excluding hydrogens is 384 g/mol. The quantitative estimate of drug-likeness (QED) is 0.715. The fraction of sp³-hybridized carbons (Fsp3) is 0.474. The summed E-state index contributed by atoms with van der Waals surface area (Å²) in [6, 6.07) is 2.74. The number of amides is 1. The van der Waals surface area contributed by atoms with Gasteiger partial charge < -0.3 is 19.8 Å². The standard InChI is InChI=1S/C19H23ClN4O4/c20-14-9-12(16(25)10-17(14)26)19-13-11-23(3-1-15(13)21-22-19)4-2-18(27)24-5-7-28-8-6-24/h9-10,25-26H,1-8,11H2,(H,21,22). The summed E-state index contributed by atoms with van der Waals surface area (Å²) >= 11 is 6.01. The Labute approximate surface area is 167 Å². The van der Waals surface area contributed by atoms with Gasteiger partial charge in [0.2, 0.25) is 5.91 Å². The van der Waals surface area contributed by atoms with Crippen LogP contribution in [0.25, 0.3) is 11.3 Å². The van der Waals surface area contributed by atoms with Crippen LogP contribution in [0.4, 0.5) is 0 Å². The summed E-state index contributed by atoms with van der Waals surface area (Å²) in [5.41, 5.74) is 3.11. The number of hydrogen-bond acceptors (Lipinski definition) is 6. The van der Waals surface area contributed by atoms with E-state index in [1.165, 1.54) is 12.1 Å². The van der Waals surface area contributed by atoms with Gasteiger partial charge in [-0.25, -0.2) is 0 Å². The highest BCUT2D eigenvalue weighted by Gasteiger charge is 2.25. The molecule has 0 bridgehead atoms. The van der Waals surface area contributed by atoms with Crippen LogP contribution in [0, 0.1) is 0 Å². The van der Waals surface area contributed by atoms with E-state index in [0.29, 0.717) is 57.1 Å². The number of nitrogens with zero attached hydrogens (tertiary/aromatic N) is 3. The van der Waals surface area contributed by atoms with Crippen LogP contribution in [0.5, 0.6) is 11.5 Å². The Kier molecular flexibility index (Phi) is 5.43. The molecule has 0 radical (unpaired) electrons. The number of ether oxygens (including phenoxy) is 1. The van der Waals surface area contributed by atoms with E-state index in [1.807, 2.05) is 4.90 Å². The molecule has 1 fully saturated rings. The minimum absolute atomic E-state index is 0.0733. The van der Waals surface area contributed by atoms with Crippen LogP contribution in [-0.4, -0.2) is 75.5 Å². The van der Waals surface area contributed by atoms with Gasteiger partial charge >= 0.3 is 0 Å². The average molecular weight is 407 g/mol. The van der Waals surface area contributed by atoms with Crippen molar-refractivity contribution in [2.45, 2.75) is 19.4 Å². The molecule has 28 heavy (non-hydrogen) atoms. The van der Waals surface area contributed by atoms with E-state index in [-0.39, 0.29) is 22.4 Å². The van der Waals surface area contributed by atoms with E-state index in [1.54, 1.807) is 0 Å². The SMILES string of the molecule is O=C(CCN1CCc2[nH]nc(-c3cc(Cl)c(O)cc3O)c2C1)N1CCOCC1. The molecular formula is C19H23ClN4O4. The monoisotopic (exact) mass is 406 g/mol. The normalized spacial score (nSPS) is 17.5. The number of morpholine rings is 1. The third kappa shape index (κ3) is 3.80. The lowest BCUT2D eigenvalue weighted by Crippen LogP contribution is -2.42. The first-order valence-electron chi connectivity index (χ1n) is 9.38. The van der Waals surface area contributed by atoms with E-state index < -0.39 is 0 Å². The lowest BCUT2D eigenvalue weighted by atomic mass is 10.00. The summed E-state index contributed by atoms with van der Waals surface area (Å²) in [5, 5.41) is 27.5. The molecule has 8 nitrogen and oxygen atoms in total. The number of nitrogens with one attached hydrogen (secondary N) is 1. The number of phenols is 2. The van der Waals surface area contributed by atoms with E-state index in [0.717, 1.165) is 24.2 Å². The summed E-state index contributed by atoms with van der Waals surface area (Å²) in [7, 11) is 0. The van der Waals surface area contributed by atoms with Gasteiger partial charge in [0.05, 0.1) is 18.2 Å². The molecule has 4 rings (SSSR count). The van der Waals surface area contributed by atoms with Gasteiger partial charge in [0, 0.05) is 68.5 Å². The molecule has 1 aromatic heterocycles. The highest BCUT2D eigenvalue weighted by Crippen LogP contribution is 2.39. The molecule has 1 amide bonds. The Bertz CT molecular complexity index is 879. The number of fused-ring (bicyclic) bond motifs is 1. The molecule has 150 valence electrons. The topological polar surface area (TPSA) is 102 Å². The number of benzene rings is 1. The predicted molar refractivity (Wildman–Crippen MR) is 103 cm³/mol. The number of phenolic OH excluding ortho intramolecular Hbond substituents is 2. The Morgan fingerprint density at radius 3 is 2.79 bits per heavy atom. The second-order valence-electron chi connectivity index (χ2n) is 7.12. The zero-order valence-corrected chi connectivity index (χ0v) is 16.2. The van der Waals surface area contributed by atoms with Crippen LogP contribution in [0.15, 0.2) is 12.1 Å². The molecule has 1 aromatic carbocycles. The van der Waals surface area contributed by atoms with Crippen molar-refractivity contribution in [3.8, 4) is 22.8 Å². The van der Waals surface area contributed by atoms with Crippen molar-refractivity contribution >= 4 is 17.5 Å². The molecule has 0 saturated carbocycles. The van der Waals surface area contributed by atoms with Crippen molar-refractivity contribution < 1.29 is 19.7 Å². The number of carbonyl (C=O) groups excluding carboxylic acids is 1. The molecule has 2 aliphatic rings. The molecule has 0 atom stereocenters. The van der Waals surface area contributed by atoms with Crippen LogP contribution in [0.1, 0.15) is 17.7 Å². The van der Waals surface area contributed by atoms with Crippen molar-refractivity contribution in [1.29, 1.82) is 0 Å². The molecule has 3 heterocycles. The lowest BCUT2D eigenvalue weighted by Gasteiger charge is -2.30. The molecule has 9 heteroatoms. The van der Waals surface area contributed by atoms with Gasteiger partial charge in [-0.05, 0) is 6.07 Å². The maximum absolute atomic E-state index is 12.4. The minimum atomic E-state index is -0.171. The second kappa shape index (κ2) is 7.98. The van der Waals surface area contributed by atoms with Crippen LogP contribution in [0.2, 0.25) is 5.02 Å². The average Bonchev–Trinajstić information content (AvgIpc) is 3.12. The molecule has 1 saturated heterocycles. The number of hydrogen-bond donors (Lipinski definition) is 3. The van der Waals surface area contributed by atoms with Gasteiger partial charge in [-0.1, -0.05) is 11.6 Å². The smallest absolute Gasteiger partial charge is 0.224 e. The maximum Gasteiger partial charge on any atom is 0.224 e. The van der Waals surface area contributed by atoms with Crippen molar-refractivity contribution in [2.24, 2.45) is 0 Å². The number of carbonyl (C=O) groups is 1. The second-order valence-corrected chi connectivity index (χ2v) is 7.53. The van der Waals surface area contributed by atoms with Crippen molar-refractivity contribution in [2.75, 3.05) is 39.4 Å². The molecule has 2 aliphatic heterocycles. The fourth-order valence-corrected chi connectivity index (χ4v) is 3.89. The number of rotatable bonds is 4. The highest BCUT2D eigenvalue weighted by molar-refractivity contribution is 6.32. The summed E-state index contributed by atoms with van der Waals surface area (Å²) < 4.78 is 5.29. The van der Waals surface area contributed by atoms with Gasteiger partial charge in [0.15, 0.2) is 0 Å². The summed E-state index contributed by atoms with van der Waals surface area (Å²) in [4.78, 5) is 16.5. The van der Waals surface area contributed by atoms with Gasteiger partial charge in [0.25, 0.3) is 0 Å². The maximum atomic E-state index is 12.4. The molecule has 0 unspecified atom stereocenters. The highest BCUT2D eigenvalue weighted by atomic mass is 35.5. The zero-order valence-electron chi connectivity index (χ0n) is 15.4. The molecule has 3 N–H and O–H groups in total. The van der Waals surface area contributed by atoms with Gasteiger partial charge in [-0.2, -0.15) is 5.10 Å². The number of aromatic hydroxyl groups is 2. The Hall–Kier alpha value is -2.29. The van der Waals surface area contributed by atoms with Gasteiger partial charge in [-0.3, -0.25) is 14.8 Å². The zero-order chi connectivity index (χ0) is 19.7. The van der Waals surface area contributed by atoms with Crippen LogP contribution >= 0.6 is 11.6 Å². The fourth-order valence-electron chi connectivity index (χ4n) is 3.73. The van der Waals surface area contributed by atoms with Crippen LogP contribution in [-0.2, 0) is 22.5 Å². The number of halogens is 1. The van der Waals surface area contributed by atoms with E-state index in [9.17, 15) is 15.0 Å². The summed E-state index contributed by atoms with van der Waals surface area (Å²) in [5.74, 6) is -0.0872. The lowest BCUT2D eigenvalue weighted by molar-refractivity contribution is -0.135. The first-order valence-corrected chi connectivity index (χ1v) is 9.76. The van der Waals surface area contributed by atoms with Crippen molar-refractivity contribution in [1.82, 2.24) is 20.0 Å². The summed E-state index contributed by atoms with van der Waals surface area (Å²) in [6.07, 6.45) is 1.26. The van der Waals surface area contributed by atoms with Crippen LogP contribution in [0.3, 0.4) is 0 Å². The van der Waals surface area contributed by atoms with E-state index in [4.69, 9.17) is 16.3 Å². The van der Waals surface area contributed by atoms with E-state index in [2.05, 4.69) is 15.1 Å². The largest absolute Gasteiger partial charge is 0.507 e. The Morgan fingerprint density at radius 2 is 2.00 bits per heavy atom. The molecule has 0 aliphatic carbocycles. The molecule has 0 spiro atoms. The summed E-state index contributed by atoms with van der Waals surface area (Å²) in [6.45, 7) is 4.68. The van der Waals surface area contributed by atoms with Gasteiger partial charge in [0.1, 0.15) is 17.2 Å². The van der Waals surface area contributed by atoms with Crippen molar-refractivity contribution in [3.05, 3.63) is 28.4 Å². The van der Waals surface area contributed by atoms with Crippen molar-refractivity contribution in [3.63, 3.8) is 0 Å². The predicted octanol–water partition coefficient (Wildman–Crippen LogP) is 1.75. The number of aromatic amines is 1.